The van der Waals surface area contributed by atoms with E-state index >= 15 is 13.6 Å². The van der Waals surface area contributed by atoms with Gasteiger partial charge in [0.2, 0.25) is 27.7 Å². The fourth-order valence-electron chi connectivity index (χ4n) is 9.46. The van der Waals surface area contributed by atoms with Crippen molar-refractivity contribution < 1.29 is 55.7 Å². The minimum Gasteiger partial charge on any atom is -0.497 e. The Hall–Kier alpha value is -4.74. The SMILES string of the molecule is CCC(C)N(C(=O)O)[C@@H]1C(=O)N2[C@@H](C[C@@](C)(Oc3nc4c(c5cc(OC)ccc35)CCCO4)C2(F)F)C(=O)N[C@]2(C(=O)NS(=O)(=O)C3(C)CC3)C[C@H]2/C=C\CC[C@@H](C)C[C@H]1CC. The highest BCUT2D eigenvalue weighted by atomic mass is 32.2. The molecular formula is C44H59F2N5O10S. The lowest BCUT2D eigenvalue weighted by molar-refractivity contribution is -0.219. The van der Waals surface area contributed by atoms with Gasteiger partial charge in [0.05, 0.1) is 18.5 Å². The van der Waals surface area contributed by atoms with Crippen LogP contribution in [0.3, 0.4) is 0 Å². The maximum absolute atomic E-state index is 18.0. The number of carbonyl (C=O) groups is 4. The molecule has 1 saturated heterocycles. The van der Waals surface area contributed by atoms with Crippen LogP contribution >= 0.6 is 0 Å². The van der Waals surface area contributed by atoms with Crippen molar-refractivity contribution >= 4 is 44.6 Å². The molecule has 1 aromatic carbocycles. The first kappa shape index (κ1) is 45.3. The molecule has 4 amide bonds. The van der Waals surface area contributed by atoms with Crippen molar-refractivity contribution in [3.63, 3.8) is 0 Å². The van der Waals surface area contributed by atoms with E-state index in [1.165, 1.54) is 14.0 Å². The largest absolute Gasteiger partial charge is 0.497 e. The molecule has 3 aliphatic heterocycles. The first-order valence-corrected chi connectivity index (χ1v) is 23.3. The number of carbonyl (C=O) groups excluding carboxylic acids is 3. The molecule has 8 atom stereocenters. The number of allylic oxidation sites excluding steroid dienone is 1. The number of benzene rings is 1. The maximum Gasteiger partial charge on any atom is 0.408 e. The maximum atomic E-state index is 18.0. The number of ether oxygens (including phenoxy) is 3. The monoisotopic (exact) mass is 887 g/mol. The Morgan fingerprint density at radius 2 is 1.89 bits per heavy atom. The summed E-state index contributed by atoms with van der Waals surface area (Å²) in [4.78, 5) is 63.2. The van der Waals surface area contributed by atoms with Crippen molar-refractivity contribution in [1.82, 2.24) is 24.8 Å². The highest BCUT2D eigenvalue weighted by Crippen LogP contribution is 2.52. The van der Waals surface area contributed by atoms with Gasteiger partial charge in [0.25, 0.3) is 11.8 Å². The quantitative estimate of drug-likeness (QED) is 0.179. The van der Waals surface area contributed by atoms with Crippen molar-refractivity contribution in [2.24, 2.45) is 17.8 Å². The lowest BCUT2D eigenvalue weighted by Gasteiger charge is -2.43. The summed E-state index contributed by atoms with van der Waals surface area (Å²) in [5.74, 6) is -4.53. The number of hydrogen-bond acceptors (Lipinski definition) is 10. The fourth-order valence-corrected chi connectivity index (χ4v) is 10.8. The van der Waals surface area contributed by atoms with E-state index in [2.05, 4.69) is 15.0 Å². The smallest absolute Gasteiger partial charge is 0.408 e. The third kappa shape index (κ3) is 7.82. The number of sulfonamides is 1. The van der Waals surface area contributed by atoms with Gasteiger partial charge < -0.3 is 24.6 Å². The zero-order valence-electron chi connectivity index (χ0n) is 36.5. The van der Waals surface area contributed by atoms with Crippen LogP contribution in [0.15, 0.2) is 30.4 Å². The molecule has 2 aromatic rings. The van der Waals surface area contributed by atoms with Crippen molar-refractivity contribution in [1.29, 1.82) is 0 Å². The molecule has 15 nitrogen and oxygen atoms in total. The molecule has 62 heavy (non-hydrogen) atoms. The lowest BCUT2D eigenvalue weighted by Crippen LogP contribution is -2.65. The normalized spacial score (nSPS) is 31.4. The molecule has 0 spiro atoms. The second-order valence-corrected chi connectivity index (χ2v) is 20.6. The Morgan fingerprint density at radius 3 is 2.53 bits per heavy atom. The minimum atomic E-state index is -4.30. The number of halogens is 2. The number of aryl methyl sites for hydroxylation is 1. The van der Waals surface area contributed by atoms with E-state index in [0.717, 1.165) is 17.4 Å². The number of aromatic nitrogens is 1. The first-order valence-electron chi connectivity index (χ1n) is 21.8. The number of methoxy groups -OCH3 is 1. The molecule has 2 aliphatic carbocycles. The Balaban J connectivity index is 1.37. The van der Waals surface area contributed by atoms with Crippen LogP contribution in [-0.4, -0.2) is 106 Å². The van der Waals surface area contributed by atoms with E-state index in [1.807, 2.05) is 13.0 Å². The van der Waals surface area contributed by atoms with Gasteiger partial charge in [-0.05, 0) is 114 Å². The summed E-state index contributed by atoms with van der Waals surface area (Å²) in [6.07, 6.45) is 5.15. The fraction of sp³-hybridized carbons (Fsp3) is 0.659. The van der Waals surface area contributed by atoms with Gasteiger partial charge in [0.1, 0.15) is 23.4 Å². The van der Waals surface area contributed by atoms with Crippen molar-refractivity contribution in [3.8, 4) is 17.5 Å². The third-order valence-corrected chi connectivity index (χ3v) is 16.2. The number of hydrogen-bond donors (Lipinski definition) is 3. The lowest BCUT2D eigenvalue weighted by atomic mass is 9.83. The molecule has 4 heterocycles. The molecule has 1 unspecified atom stereocenters. The first-order chi connectivity index (χ1) is 29.2. The van der Waals surface area contributed by atoms with E-state index in [-0.39, 0.29) is 41.8 Å². The Morgan fingerprint density at radius 1 is 1.16 bits per heavy atom. The van der Waals surface area contributed by atoms with E-state index in [0.29, 0.717) is 68.1 Å². The summed E-state index contributed by atoms with van der Waals surface area (Å²) in [6.45, 7) is 9.96. The van der Waals surface area contributed by atoms with Crippen LogP contribution in [0.25, 0.3) is 10.8 Å². The molecule has 18 heteroatoms. The van der Waals surface area contributed by atoms with Crippen LogP contribution < -0.4 is 24.2 Å². The van der Waals surface area contributed by atoms with Gasteiger partial charge in [0, 0.05) is 29.3 Å². The number of nitrogens with zero attached hydrogens (tertiary/aromatic N) is 3. The van der Waals surface area contributed by atoms with E-state index < -0.39 is 92.2 Å². The molecule has 2 saturated carbocycles. The predicted molar refractivity (Wildman–Crippen MR) is 224 cm³/mol. The van der Waals surface area contributed by atoms with E-state index in [4.69, 9.17) is 14.2 Å². The standard InChI is InChI=1S/C44H59F2N5O10S/c1-8-26(4)50(40(55)56)34-27(9-2)21-25(3)13-10-11-14-28-23-43(28,39(54)49-62(57,58)41(5)18-19-41)48-35(52)33-24-42(6,44(45,46)51(33)38(34)53)61-37-31-17-16-29(59-7)22-32(31)30-15-12-20-60-36(30)47-37/h11,14,16-17,22,25-28,33-34H,8-10,12-13,15,18-21,23-24H2,1-7H3,(H,48,52)(H,49,54)(H,55,56)/b14-11-/t25-,26?,27-,28-,33+,34+,42-,43-/m1/s1. The van der Waals surface area contributed by atoms with Crippen LogP contribution in [0.2, 0.25) is 0 Å². The number of nitrogens with one attached hydrogen (secondary N) is 2. The number of pyridine rings is 1. The van der Waals surface area contributed by atoms with Crippen molar-refractivity contribution in [2.75, 3.05) is 13.7 Å². The summed E-state index contributed by atoms with van der Waals surface area (Å²) in [6, 6.07) is -3.76. The summed E-state index contributed by atoms with van der Waals surface area (Å²) >= 11 is 0. The molecule has 5 aliphatic rings. The average molecular weight is 888 g/mol. The molecule has 3 fully saturated rings. The van der Waals surface area contributed by atoms with Gasteiger partial charge in [-0.15, -0.1) is 0 Å². The van der Waals surface area contributed by atoms with Gasteiger partial charge in [-0.25, -0.2) is 13.2 Å². The molecule has 0 bridgehead atoms. The second-order valence-electron chi connectivity index (χ2n) is 18.4. The Kier molecular flexibility index (Phi) is 12.0. The van der Waals surface area contributed by atoms with Crippen LogP contribution in [0.5, 0.6) is 17.5 Å². The molecular weight excluding hydrogens is 829 g/mol. The van der Waals surface area contributed by atoms with Gasteiger partial charge in [0.15, 0.2) is 5.60 Å². The molecule has 0 radical (unpaired) electrons. The number of carboxylic acid groups (broad SMARTS) is 1. The number of rotatable bonds is 10. The average Bonchev–Trinajstić information content (AvgIpc) is 4.14. The highest BCUT2D eigenvalue weighted by Gasteiger charge is 2.71. The Labute approximate surface area is 361 Å². The number of alkyl halides is 2. The zero-order valence-corrected chi connectivity index (χ0v) is 37.3. The summed E-state index contributed by atoms with van der Waals surface area (Å²) < 4.78 is 81.2. The third-order valence-electron chi connectivity index (χ3n) is 14.1. The van der Waals surface area contributed by atoms with E-state index in [9.17, 15) is 27.9 Å². The van der Waals surface area contributed by atoms with Crippen molar-refractivity contribution in [3.05, 3.63) is 35.9 Å². The van der Waals surface area contributed by atoms with Crippen LogP contribution in [0, 0.1) is 17.8 Å². The highest BCUT2D eigenvalue weighted by molar-refractivity contribution is 7.91. The zero-order chi connectivity index (χ0) is 45.2. The van der Waals surface area contributed by atoms with Crippen LogP contribution in [0.1, 0.15) is 111 Å². The van der Waals surface area contributed by atoms with Crippen LogP contribution in [-0.2, 0) is 30.8 Å². The van der Waals surface area contributed by atoms with Gasteiger partial charge in [-0.3, -0.25) is 28.9 Å². The Bertz CT molecular complexity index is 2270. The molecule has 7 rings (SSSR count). The molecule has 340 valence electrons. The van der Waals surface area contributed by atoms with Gasteiger partial charge in [-0.2, -0.15) is 13.8 Å². The summed E-state index contributed by atoms with van der Waals surface area (Å²) in [5.41, 5.74) is -3.78. The van der Waals surface area contributed by atoms with Crippen molar-refractivity contribution in [2.45, 2.75) is 152 Å². The molecule has 1 aromatic heterocycles. The predicted octanol–water partition coefficient (Wildman–Crippen LogP) is 6.32. The van der Waals surface area contributed by atoms with Gasteiger partial charge in [-0.1, -0.05) is 39.3 Å². The van der Waals surface area contributed by atoms with Crippen LogP contribution in [0.4, 0.5) is 13.6 Å². The van der Waals surface area contributed by atoms with E-state index in [1.54, 1.807) is 45.0 Å². The number of fused-ring (bicyclic) bond motifs is 5. The minimum absolute atomic E-state index is 0.0243. The second kappa shape index (κ2) is 16.4. The summed E-state index contributed by atoms with van der Waals surface area (Å²) in [5, 5.41) is 14.3. The number of amides is 4. The summed E-state index contributed by atoms with van der Waals surface area (Å²) in [7, 11) is -2.68. The topological polar surface area (TPSA) is 194 Å². The van der Waals surface area contributed by atoms with Gasteiger partial charge >= 0.3 is 12.1 Å². The molecule has 3 N–H and O–H groups in total.